The van der Waals surface area contributed by atoms with E-state index in [2.05, 4.69) is 11.2 Å². The van der Waals surface area contributed by atoms with E-state index >= 15 is 0 Å². The lowest BCUT2D eigenvalue weighted by Crippen LogP contribution is -2.39. The Morgan fingerprint density at radius 3 is 2.60 bits per heavy atom. The summed E-state index contributed by atoms with van der Waals surface area (Å²) in [7, 11) is 1.55. The van der Waals surface area contributed by atoms with Crippen LogP contribution in [-0.2, 0) is 7.05 Å². The van der Waals surface area contributed by atoms with Crippen LogP contribution in [0.15, 0.2) is 41.2 Å². The van der Waals surface area contributed by atoms with E-state index in [1.54, 1.807) is 7.05 Å². The van der Waals surface area contributed by atoms with Crippen molar-refractivity contribution in [3.8, 4) is 5.75 Å². The van der Waals surface area contributed by atoms with E-state index in [4.69, 9.17) is 4.74 Å². The molecule has 0 N–H and O–H groups in total. The summed E-state index contributed by atoms with van der Waals surface area (Å²) < 4.78 is 6.93. The monoisotopic (exact) mass is 341 g/mol. The van der Waals surface area contributed by atoms with Crippen molar-refractivity contribution in [2.75, 3.05) is 19.7 Å². The maximum atomic E-state index is 12.6. The van der Waals surface area contributed by atoms with Gasteiger partial charge in [0.1, 0.15) is 11.4 Å². The number of para-hydroxylation sites is 1. The van der Waals surface area contributed by atoms with Crippen molar-refractivity contribution in [1.29, 1.82) is 0 Å². The molecule has 1 aromatic carbocycles. The molecule has 0 radical (unpaired) electrons. The number of piperidine rings is 1. The second-order valence-electron chi connectivity index (χ2n) is 6.22. The van der Waals surface area contributed by atoms with Gasteiger partial charge in [0, 0.05) is 26.2 Å². The molecule has 0 aliphatic carbocycles. The summed E-state index contributed by atoms with van der Waals surface area (Å²) in [5.41, 5.74) is 1.31. The maximum absolute atomic E-state index is 12.6. The number of rotatable bonds is 4. The molecule has 0 atom stereocenters. The lowest BCUT2D eigenvalue weighted by molar-refractivity contribution is 0.0704. The fraction of sp³-hybridized carbons (Fsp3) is 0.421. The van der Waals surface area contributed by atoms with E-state index < -0.39 is 0 Å². The van der Waals surface area contributed by atoms with E-state index in [0.29, 0.717) is 31.3 Å². The zero-order valence-electron chi connectivity index (χ0n) is 14.6. The van der Waals surface area contributed by atoms with Crippen molar-refractivity contribution in [2.45, 2.75) is 25.7 Å². The van der Waals surface area contributed by atoms with Crippen LogP contribution in [0.3, 0.4) is 0 Å². The molecule has 0 spiro atoms. The predicted octanol–water partition coefficient (Wildman–Crippen LogP) is 2.20. The second kappa shape index (κ2) is 7.51. The van der Waals surface area contributed by atoms with Gasteiger partial charge in [0.25, 0.3) is 11.5 Å². The summed E-state index contributed by atoms with van der Waals surface area (Å²) in [6.07, 6.45) is 1.78. The normalized spacial score (nSPS) is 15.2. The van der Waals surface area contributed by atoms with Gasteiger partial charge < -0.3 is 9.64 Å². The van der Waals surface area contributed by atoms with Crippen LogP contribution in [0.2, 0.25) is 0 Å². The zero-order chi connectivity index (χ0) is 17.8. The highest BCUT2D eigenvalue weighted by atomic mass is 16.5. The zero-order valence-corrected chi connectivity index (χ0v) is 14.6. The largest absolute Gasteiger partial charge is 0.494 e. The number of ether oxygens (including phenoxy) is 1. The summed E-state index contributed by atoms with van der Waals surface area (Å²) >= 11 is 0. The Balaban J connectivity index is 1.68. The Labute approximate surface area is 147 Å². The number of likely N-dealkylation sites (tertiary alicyclic amines) is 1. The summed E-state index contributed by atoms with van der Waals surface area (Å²) in [6, 6.07) is 11.0. The van der Waals surface area contributed by atoms with Crippen molar-refractivity contribution in [2.24, 2.45) is 7.05 Å². The SMILES string of the molecule is CCOc1ccccc1C1CCN(C(=O)c2ccc(=O)n(C)n2)CC1. The van der Waals surface area contributed by atoms with Gasteiger partial charge in [-0.2, -0.15) is 5.10 Å². The molecule has 3 rings (SSSR count). The number of carbonyl (C=O) groups is 1. The lowest BCUT2D eigenvalue weighted by atomic mass is 9.88. The summed E-state index contributed by atoms with van der Waals surface area (Å²) in [4.78, 5) is 25.8. The molecule has 0 bridgehead atoms. The van der Waals surface area contributed by atoms with Crippen molar-refractivity contribution < 1.29 is 9.53 Å². The van der Waals surface area contributed by atoms with Crippen LogP contribution in [-0.4, -0.2) is 40.3 Å². The van der Waals surface area contributed by atoms with Crippen molar-refractivity contribution in [3.63, 3.8) is 0 Å². The summed E-state index contributed by atoms with van der Waals surface area (Å²) in [5.74, 6) is 1.21. The Bertz CT molecular complexity index is 808. The molecular weight excluding hydrogens is 318 g/mol. The molecule has 1 aromatic heterocycles. The van der Waals surface area contributed by atoms with Gasteiger partial charge in [-0.3, -0.25) is 9.59 Å². The number of hydrogen-bond donors (Lipinski definition) is 0. The molecule has 1 fully saturated rings. The van der Waals surface area contributed by atoms with E-state index in [1.165, 1.54) is 22.4 Å². The molecule has 1 saturated heterocycles. The third kappa shape index (κ3) is 3.73. The van der Waals surface area contributed by atoms with Gasteiger partial charge in [-0.05, 0) is 43.4 Å². The van der Waals surface area contributed by atoms with Crippen LogP contribution >= 0.6 is 0 Å². The number of carbonyl (C=O) groups excluding carboxylic acids is 1. The molecule has 6 heteroatoms. The van der Waals surface area contributed by atoms with Gasteiger partial charge in [0.15, 0.2) is 0 Å². The fourth-order valence-corrected chi connectivity index (χ4v) is 3.28. The van der Waals surface area contributed by atoms with Gasteiger partial charge in [0.05, 0.1) is 6.61 Å². The van der Waals surface area contributed by atoms with Gasteiger partial charge in [-0.1, -0.05) is 18.2 Å². The molecule has 1 aliphatic heterocycles. The van der Waals surface area contributed by atoms with Crippen LogP contribution in [0.4, 0.5) is 0 Å². The second-order valence-corrected chi connectivity index (χ2v) is 6.22. The molecule has 132 valence electrons. The van der Waals surface area contributed by atoms with Crippen LogP contribution in [0.1, 0.15) is 41.7 Å². The fourth-order valence-electron chi connectivity index (χ4n) is 3.28. The molecule has 1 amide bonds. The third-order valence-electron chi connectivity index (χ3n) is 4.62. The standard InChI is InChI=1S/C19H23N3O3/c1-3-25-17-7-5-4-6-15(17)14-10-12-22(13-11-14)19(24)16-8-9-18(23)21(2)20-16/h4-9,14H,3,10-13H2,1-2H3. The molecule has 2 heterocycles. The number of hydrogen-bond acceptors (Lipinski definition) is 4. The van der Waals surface area contributed by atoms with Gasteiger partial charge >= 0.3 is 0 Å². The summed E-state index contributed by atoms with van der Waals surface area (Å²) in [6.45, 7) is 3.98. The first-order valence-electron chi connectivity index (χ1n) is 8.65. The average molecular weight is 341 g/mol. The third-order valence-corrected chi connectivity index (χ3v) is 4.62. The quantitative estimate of drug-likeness (QED) is 0.855. The van der Waals surface area contributed by atoms with Crippen molar-refractivity contribution >= 4 is 5.91 Å². The minimum Gasteiger partial charge on any atom is -0.494 e. The van der Waals surface area contributed by atoms with Crippen molar-refractivity contribution in [1.82, 2.24) is 14.7 Å². The van der Waals surface area contributed by atoms with Crippen LogP contribution < -0.4 is 10.3 Å². The Morgan fingerprint density at radius 2 is 1.92 bits per heavy atom. The molecular formula is C19H23N3O3. The Kier molecular flexibility index (Phi) is 5.16. The Morgan fingerprint density at radius 1 is 1.20 bits per heavy atom. The molecule has 25 heavy (non-hydrogen) atoms. The minimum atomic E-state index is -0.220. The van der Waals surface area contributed by atoms with Crippen LogP contribution in [0, 0.1) is 0 Å². The Hall–Kier alpha value is -2.63. The number of amides is 1. The molecule has 6 nitrogen and oxygen atoms in total. The smallest absolute Gasteiger partial charge is 0.274 e. The number of nitrogens with zero attached hydrogens (tertiary/aromatic N) is 3. The highest BCUT2D eigenvalue weighted by Crippen LogP contribution is 2.34. The molecule has 0 unspecified atom stereocenters. The van der Waals surface area contributed by atoms with E-state index in [-0.39, 0.29) is 11.5 Å². The van der Waals surface area contributed by atoms with E-state index in [1.807, 2.05) is 30.0 Å². The van der Waals surface area contributed by atoms with Crippen molar-refractivity contribution in [3.05, 3.63) is 58.0 Å². The molecule has 0 saturated carbocycles. The topological polar surface area (TPSA) is 64.4 Å². The highest BCUT2D eigenvalue weighted by Gasteiger charge is 2.27. The molecule has 1 aliphatic rings. The predicted molar refractivity (Wildman–Crippen MR) is 95.0 cm³/mol. The summed E-state index contributed by atoms with van der Waals surface area (Å²) in [5, 5.41) is 4.06. The average Bonchev–Trinajstić information content (AvgIpc) is 2.64. The molecule has 2 aromatic rings. The number of aromatic nitrogens is 2. The number of aryl methyl sites for hydroxylation is 1. The van der Waals surface area contributed by atoms with Gasteiger partial charge in [0.2, 0.25) is 0 Å². The van der Waals surface area contributed by atoms with Gasteiger partial charge in [-0.25, -0.2) is 4.68 Å². The first-order chi connectivity index (χ1) is 12.1. The maximum Gasteiger partial charge on any atom is 0.274 e. The highest BCUT2D eigenvalue weighted by molar-refractivity contribution is 5.92. The minimum absolute atomic E-state index is 0.118. The van der Waals surface area contributed by atoms with E-state index in [9.17, 15) is 9.59 Å². The lowest BCUT2D eigenvalue weighted by Gasteiger charge is -2.32. The van der Waals surface area contributed by atoms with Crippen LogP contribution in [0.25, 0.3) is 0 Å². The van der Waals surface area contributed by atoms with Crippen LogP contribution in [0.5, 0.6) is 5.75 Å². The first kappa shape index (κ1) is 17.2. The van der Waals surface area contributed by atoms with E-state index in [0.717, 1.165) is 18.6 Å². The van der Waals surface area contributed by atoms with Gasteiger partial charge in [-0.15, -0.1) is 0 Å². The first-order valence-corrected chi connectivity index (χ1v) is 8.65. The number of benzene rings is 1.